The minimum absolute atomic E-state index is 0.751. The SMILES string of the molecule is C=C1c2ccccc2N=CN1Cc1ccc(OC)cc1. The van der Waals surface area contributed by atoms with E-state index in [1.165, 1.54) is 5.56 Å². The van der Waals surface area contributed by atoms with Crippen molar-refractivity contribution in [3.8, 4) is 5.75 Å². The highest BCUT2D eigenvalue weighted by Gasteiger charge is 2.15. The quantitative estimate of drug-likeness (QED) is 0.841. The van der Waals surface area contributed by atoms with Gasteiger partial charge in [-0.25, -0.2) is 4.99 Å². The van der Waals surface area contributed by atoms with Crippen molar-refractivity contribution < 1.29 is 4.74 Å². The van der Waals surface area contributed by atoms with Crippen LogP contribution in [0.1, 0.15) is 11.1 Å². The van der Waals surface area contributed by atoms with Gasteiger partial charge in [0, 0.05) is 17.8 Å². The average Bonchev–Trinajstić information content (AvgIpc) is 2.51. The Kier molecular flexibility index (Phi) is 3.25. The Bertz CT molecular complexity index is 659. The second kappa shape index (κ2) is 5.21. The van der Waals surface area contributed by atoms with Crippen molar-refractivity contribution in [1.82, 2.24) is 4.90 Å². The van der Waals surface area contributed by atoms with Crippen molar-refractivity contribution in [1.29, 1.82) is 0 Å². The van der Waals surface area contributed by atoms with Crippen molar-refractivity contribution in [3.05, 3.63) is 66.2 Å². The zero-order chi connectivity index (χ0) is 13.9. The van der Waals surface area contributed by atoms with Gasteiger partial charge in [0.25, 0.3) is 0 Å². The van der Waals surface area contributed by atoms with Gasteiger partial charge >= 0.3 is 0 Å². The monoisotopic (exact) mass is 264 g/mol. The molecule has 1 aliphatic rings. The Morgan fingerprint density at radius 2 is 1.85 bits per heavy atom. The number of benzene rings is 2. The molecular formula is C17H16N2O. The van der Waals surface area contributed by atoms with E-state index in [4.69, 9.17) is 4.74 Å². The maximum absolute atomic E-state index is 5.17. The fraction of sp³-hybridized carbons (Fsp3) is 0.118. The number of rotatable bonds is 3. The molecule has 0 fully saturated rings. The molecule has 0 bridgehead atoms. The first-order valence-electron chi connectivity index (χ1n) is 6.50. The van der Waals surface area contributed by atoms with Crippen LogP contribution < -0.4 is 4.74 Å². The van der Waals surface area contributed by atoms with Crippen molar-refractivity contribution in [2.75, 3.05) is 7.11 Å². The van der Waals surface area contributed by atoms with Crippen molar-refractivity contribution in [2.45, 2.75) is 6.54 Å². The number of nitrogens with zero attached hydrogens (tertiary/aromatic N) is 2. The van der Waals surface area contributed by atoms with E-state index in [1.807, 2.05) is 36.7 Å². The third kappa shape index (κ3) is 2.30. The van der Waals surface area contributed by atoms with Gasteiger partial charge in [0.15, 0.2) is 0 Å². The number of aliphatic imine (C=N–C) groups is 1. The van der Waals surface area contributed by atoms with Gasteiger partial charge in [-0.1, -0.05) is 36.9 Å². The van der Waals surface area contributed by atoms with Gasteiger partial charge in [0.2, 0.25) is 0 Å². The fourth-order valence-corrected chi connectivity index (χ4v) is 2.25. The molecule has 0 atom stereocenters. The molecule has 0 saturated heterocycles. The van der Waals surface area contributed by atoms with Gasteiger partial charge < -0.3 is 9.64 Å². The van der Waals surface area contributed by atoms with Gasteiger partial charge in [-0.05, 0) is 23.8 Å². The third-order valence-corrected chi connectivity index (χ3v) is 3.41. The van der Waals surface area contributed by atoms with E-state index >= 15 is 0 Å². The van der Waals surface area contributed by atoms with E-state index < -0.39 is 0 Å². The summed E-state index contributed by atoms with van der Waals surface area (Å²) < 4.78 is 5.17. The lowest BCUT2D eigenvalue weighted by molar-refractivity contribution is 0.414. The van der Waals surface area contributed by atoms with Gasteiger partial charge in [-0.3, -0.25) is 0 Å². The molecule has 20 heavy (non-hydrogen) atoms. The van der Waals surface area contributed by atoms with Gasteiger partial charge in [0.1, 0.15) is 5.75 Å². The number of ether oxygens (including phenoxy) is 1. The first-order valence-corrected chi connectivity index (χ1v) is 6.50. The number of methoxy groups -OCH3 is 1. The molecule has 3 nitrogen and oxygen atoms in total. The van der Waals surface area contributed by atoms with E-state index in [0.29, 0.717) is 0 Å². The van der Waals surface area contributed by atoms with E-state index in [2.05, 4.69) is 34.7 Å². The first kappa shape index (κ1) is 12.5. The van der Waals surface area contributed by atoms with Crippen LogP contribution in [-0.4, -0.2) is 18.3 Å². The first-order chi connectivity index (χ1) is 9.78. The zero-order valence-electron chi connectivity index (χ0n) is 11.4. The summed E-state index contributed by atoms with van der Waals surface area (Å²) in [5, 5.41) is 0. The lowest BCUT2D eigenvalue weighted by Crippen LogP contribution is -2.21. The summed E-state index contributed by atoms with van der Waals surface area (Å²) in [6.45, 7) is 4.93. The van der Waals surface area contributed by atoms with Gasteiger partial charge in [0.05, 0.1) is 19.1 Å². The van der Waals surface area contributed by atoms with Crippen LogP contribution in [-0.2, 0) is 6.54 Å². The van der Waals surface area contributed by atoms with E-state index in [1.54, 1.807) is 7.11 Å². The molecule has 2 aromatic carbocycles. The molecule has 0 aliphatic carbocycles. The normalized spacial score (nSPS) is 13.2. The smallest absolute Gasteiger partial charge is 0.118 e. The minimum Gasteiger partial charge on any atom is -0.497 e. The second-order valence-corrected chi connectivity index (χ2v) is 4.68. The van der Waals surface area contributed by atoms with Gasteiger partial charge in [-0.15, -0.1) is 0 Å². The highest BCUT2D eigenvalue weighted by Crippen LogP contribution is 2.31. The van der Waals surface area contributed by atoms with E-state index in [9.17, 15) is 0 Å². The lowest BCUT2D eigenvalue weighted by Gasteiger charge is -2.26. The van der Waals surface area contributed by atoms with Crippen LogP contribution in [0.25, 0.3) is 5.70 Å². The largest absolute Gasteiger partial charge is 0.497 e. The fourth-order valence-electron chi connectivity index (χ4n) is 2.25. The van der Waals surface area contributed by atoms with Crippen LogP contribution in [0.3, 0.4) is 0 Å². The molecule has 100 valence electrons. The molecule has 0 N–H and O–H groups in total. The summed E-state index contributed by atoms with van der Waals surface area (Å²) in [7, 11) is 1.67. The summed E-state index contributed by atoms with van der Waals surface area (Å²) >= 11 is 0. The van der Waals surface area contributed by atoms with E-state index in [0.717, 1.165) is 29.2 Å². The summed E-state index contributed by atoms with van der Waals surface area (Å²) in [6.07, 6.45) is 1.84. The average molecular weight is 264 g/mol. The Balaban J connectivity index is 1.81. The highest BCUT2D eigenvalue weighted by molar-refractivity contribution is 5.86. The number of hydrogen-bond donors (Lipinski definition) is 0. The molecule has 1 aliphatic heterocycles. The van der Waals surface area contributed by atoms with Crippen LogP contribution in [0.15, 0.2) is 60.1 Å². The van der Waals surface area contributed by atoms with Crippen molar-refractivity contribution in [2.24, 2.45) is 4.99 Å². The molecule has 2 aromatic rings. The third-order valence-electron chi connectivity index (χ3n) is 3.41. The number of fused-ring (bicyclic) bond motifs is 1. The molecule has 3 rings (SSSR count). The Morgan fingerprint density at radius 3 is 2.60 bits per heavy atom. The zero-order valence-corrected chi connectivity index (χ0v) is 11.4. The summed E-state index contributed by atoms with van der Waals surface area (Å²) in [6, 6.07) is 16.1. The maximum Gasteiger partial charge on any atom is 0.118 e. The molecular weight excluding hydrogens is 248 g/mol. The maximum atomic E-state index is 5.17. The molecule has 0 unspecified atom stereocenters. The predicted molar refractivity (Wildman–Crippen MR) is 82.2 cm³/mol. The molecule has 3 heteroatoms. The Hall–Kier alpha value is -2.55. The molecule has 0 saturated carbocycles. The summed E-state index contributed by atoms with van der Waals surface area (Å²) in [4.78, 5) is 6.53. The molecule has 0 radical (unpaired) electrons. The number of hydrogen-bond acceptors (Lipinski definition) is 3. The number of para-hydroxylation sites is 1. The van der Waals surface area contributed by atoms with Crippen LogP contribution in [0.2, 0.25) is 0 Å². The van der Waals surface area contributed by atoms with Crippen LogP contribution in [0.5, 0.6) is 5.75 Å². The summed E-state index contributed by atoms with van der Waals surface area (Å²) in [5.74, 6) is 0.866. The van der Waals surface area contributed by atoms with Crippen molar-refractivity contribution in [3.63, 3.8) is 0 Å². The van der Waals surface area contributed by atoms with Crippen LogP contribution in [0, 0.1) is 0 Å². The predicted octanol–water partition coefficient (Wildman–Crippen LogP) is 3.84. The minimum atomic E-state index is 0.751. The highest BCUT2D eigenvalue weighted by atomic mass is 16.5. The Morgan fingerprint density at radius 1 is 1.10 bits per heavy atom. The Labute approximate surface area is 118 Å². The second-order valence-electron chi connectivity index (χ2n) is 4.68. The van der Waals surface area contributed by atoms with Crippen molar-refractivity contribution >= 4 is 17.7 Å². The van der Waals surface area contributed by atoms with Crippen LogP contribution in [0.4, 0.5) is 5.69 Å². The molecule has 0 aromatic heterocycles. The standard InChI is InChI=1S/C17H16N2O/c1-13-16-5-3-4-6-17(16)18-12-19(13)11-14-7-9-15(20-2)10-8-14/h3-10,12H,1,11H2,2H3. The van der Waals surface area contributed by atoms with E-state index in [-0.39, 0.29) is 0 Å². The molecule has 0 amide bonds. The topological polar surface area (TPSA) is 24.8 Å². The molecule has 0 spiro atoms. The van der Waals surface area contributed by atoms with Gasteiger partial charge in [-0.2, -0.15) is 0 Å². The molecule has 1 heterocycles. The lowest BCUT2D eigenvalue weighted by atomic mass is 10.1. The summed E-state index contributed by atoms with van der Waals surface area (Å²) in [5.41, 5.74) is 4.23. The van der Waals surface area contributed by atoms with Crippen LogP contribution >= 0.6 is 0 Å².